The molecule has 2 amide bonds. The van der Waals surface area contributed by atoms with Gasteiger partial charge in [-0.3, -0.25) is 9.59 Å². The highest BCUT2D eigenvalue weighted by atomic mass is 19.1. The van der Waals surface area contributed by atoms with Gasteiger partial charge >= 0.3 is 0 Å². The number of rotatable bonds is 4. The van der Waals surface area contributed by atoms with Crippen LogP contribution in [0.3, 0.4) is 0 Å². The van der Waals surface area contributed by atoms with Gasteiger partial charge < -0.3 is 15.4 Å². The molecule has 1 heterocycles. The van der Waals surface area contributed by atoms with Gasteiger partial charge in [0.2, 0.25) is 5.91 Å². The Morgan fingerprint density at radius 1 is 1.00 bits per heavy atom. The maximum Gasteiger partial charge on any atom is 0.258 e. The fourth-order valence-electron chi connectivity index (χ4n) is 4.23. The summed E-state index contributed by atoms with van der Waals surface area (Å²) in [5.74, 6) is -0.567. The predicted octanol–water partition coefficient (Wildman–Crippen LogP) is 4.47. The van der Waals surface area contributed by atoms with E-state index in [0.29, 0.717) is 18.7 Å². The van der Waals surface area contributed by atoms with Crippen LogP contribution in [0.5, 0.6) is 5.75 Å². The Balaban J connectivity index is 1.41. The molecule has 4 rings (SSSR count). The molecule has 0 spiro atoms. The lowest BCUT2D eigenvalue weighted by atomic mass is 9.95. The fourth-order valence-corrected chi connectivity index (χ4v) is 4.23. The number of carbonyl (C=O) groups is 2. The summed E-state index contributed by atoms with van der Waals surface area (Å²) in [6.07, 6.45) is 7.46. The van der Waals surface area contributed by atoms with Crippen LogP contribution in [0.2, 0.25) is 0 Å². The van der Waals surface area contributed by atoms with Crippen molar-refractivity contribution in [1.29, 1.82) is 0 Å². The lowest BCUT2D eigenvalue weighted by Gasteiger charge is -2.27. The van der Waals surface area contributed by atoms with E-state index in [1.54, 1.807) is 30.3 Å². The van der Waals surface area contributed by atoms with E-state index in [2.05, 4.69) is 10.6 Å². The van der Waals surface area contributed by atoms with Crippen molar-refractivity contribution in [3.63, 3.8) is 0 Å². The first-order valence-corrected chi connectivity index (χ1v) is 10.7. The first kappa shape index (κ1) is 20.4. The molecule has 0 radical (unpaired) electrons. The van der Waals surface area contributed by atoms with E-state index in [1.807, 2.05) is 0 Å². The number of anilines is 1. The van der Waals surface area contributed by atoms with Crippen LogP contribution >= 0.6 is 0 Å². The number of halogens is 1. The molecule has 2 aliphatic rings. The van der Waals surface area contributed by atoms with E-state index in [0.717, 1.165) is 24.2 Å². The van der Waals surface area contributed by atoms with Gasteiger partial charge in [0.1, 0.15) is 18.2 Å². The van der Waals surface area contributed by atoms with Crippen LogP contribution < -0.4 is 15.4 Å². The zero-order valence-corrected chi connectivity index (χ0v) is 17.0. The maximum absolute atomic E-state index is 13.8. The molecular formula is C24H27FN2O3. The van der Waals surface area contributed by atoms with E-state index in [4.69, 9.17) is 4.74 Å². The molecule has 2 N–H and O–H groups in total. The SMILES string of the molecule is O=C(Nc1ccc2c(c1)CC(C(=O)NC1CCCCCC1)CO2)c1ccccc1F. The van der Waals surface area contributed by atoms with Crippen LogP contribution in [0.1, 0.15) is 54.4 Å². The molecule has 0 aromatic heterocycles. The van der Waals surface area contributed by atoms with E-state index in [9.17, 15) is 14.0 Å². The van der Waals surface area contributed by atoms with Gasteiger partial charge in [-0.25, -0.2) is 4.39 Å². The summed E-state index contributed by atoms with van der Waals surface area (Å²) in [5, 5.41) is 5.93. The minimum Gasteiger partial charge on any atom is -0.492 e. The molecule has 1 fully saturated rings. The first-order chi connectivity index (χ1) is 14.6. The first-order valence-electron chi connectivity index (χ1n) is 10.7. The Kier molecular flexibility index (Phi) is 6.31. The van der Waals surface area contributed by atoms with E-state index in [1.165, 1.54) is 37.8 Å². The van der Waals surface area contributed by atoms with Crippen molar-refractivity contribution in [3.05, 3.63) is 59.4 Å². The lowest BCUT2D eigenvalue weighted by molar-refractivity contribution is -0.127. The van der Waals surface area contributed by atoms with Gasteiger partial charge in [-0.15, -0.1) is 0 Å². The number of nitrogens with one attached hydrogen (secondary N) is 2. The summed E-state index contributed by atoms with van der Waals surface area (Å²) in [4.78, 5) is 25.1. The quantitative estimate of drug-likeness (QED) is 0.731. The number of benzene rings is 2. The minimum absolute atomic E-state index is 0.00729. The van der Waals surface area contributed by atoms with Gasteiger partial charge in [0.25, 0.3) is 5.91 Å². The average molecular weight is 410 g/mol. The average Bonchev–Trinajstić information content (AvgIpc) is 3.02. The van der Waals surface area contributed by atoms with Gasteiger partial charge in [-0.1, -0.05) is 37.8 Å². The molecule has 1 saturated carbocycles. The second-order valence-electron chi connectivity index (χ2n) is 8.17. The van der Waals surface area contributed by atoms with Crippen molar-refractivity contribution in [3.8, 4) is 5.75 Å². The number of amides is 2. The molecule has 30 heavy (non-hydrogen) atoms. The molecule has 6 heteroatoms. The summed E-state index contributed by atoms with van der Waals surface area (Å²) in [5.41, 5.74) is 1.41. The third-order valence-electron chi connectivity index (χ3n) is 5.92. The lowest BCUT2D eigenvalue weighted by Crippen LogP contribution is -2.42. The molecule has 5 nitrogen and oxygen atoms in total. The van der Waals surface area contributed by atoms with E-state index < -0.39 is 11.7 Å². The van der Waals surface area contributed by atoms with Crippen LogP contribution in [-0.2, 0) is 11.2 Å². The summed E-state index contributed by atoms with van der Waals surface area (Å²) < 4.78 is 19.6. The van der Waals surface area contributed by atoms with Crippen molar-refractivity contribution in [2.75, 3.05) is 11.9 Å². The number of carbonyl (C=O) groups excluding carboxylic acids is 2. The van der Waals surface area contributed by atoms with Crippen molar-refractivity contribution < 1.29 is 18.7 Å². The molecular weight excluding hydrogens is 383 g/mol. The molecule has 0 saturated heterocycles. The highest BCUT2D eigenvalue weighted by Gasteiger charge is 2.28. The molecule has 1 aliphatic carbocycles. The van der Waals surface area contributed by atoms with Crippen LogP contribution in [0.25, 0.3) is 0 Å². The normalized spacial score (nSPS) is 19.2. The Morgan fingerprint density at radius 2 is 1.77 bits per heavy atom. The zero-order valence-electron chi connectivity index (χ0n) is 17.0. The second kappa shape index (κ2) is 9.28. The number of hydrogen-bond donors (Lipinski definition) is 2. The highest BCUT2D eigenvalue weighted by molar-refractivity contribution is 6.04. The smallest absolute Gasteiger partial charge is 0.258 e. The van der Waals surface area contributed by atoms with Crippen molar-refractivity contribution >= 4 is 17.5 Å². The summed E-state index contributed by atoms with van der Waals surface area (Å²) >= 11 is 0. The molecule has 158 valence electrons. The third kappa shape index (κ3) is 4.81. The van der Waals surface area contributed by atoms with Crippen LogP contribution in [0, 0.1) is 11.7 Å². The van der Waals surface area contributed by atoms with E-state index >= 15 is 0 Å². The Hall–Kier alpha value is -2.89. The van der Waals surface area contributed by atoms with Gasteiger partial charge in [0.15, 0.2) is 0 Å². The standard InChI is InChI=1S/C24H27FN2O3/c25-21-10-6-5-9-20(21)24(29)27-19-11-12-22-16(14-19)13-17(15-30-22)23(28)26-18-7-3-1-2-4-8-18/h5-6,9-12,14,17-18H,1-4,7-8,13,15H2,(H,26,28)(H,27,29). The number of fused-ring (bicyclic) bond motifs is 1. The molecule has 1 atom stereocenters. The topological polar surface area (TPSA) is 67.4 Å². The zero-order chi connectivity index (χ0) is 20.9. The molecule has 2 aromatic carbocycles. The Bertz CT molecular complexity index is 922. The number of ether oxygens (including phenoxy) is 1. The Labute approximate surface area is 176 Å². The van der Waals surface area contributed by atoms with Gasteiger partial charge in [-0.2, -0.15) is 0 Å². The summed E-state index contributed by atoms with van der Waals surface area (Å²) in [6.45, 7) is 0.354. The molecule has 1 aliphatic heterocycles. The number of hydrogen-bond acceptors (Lipinski definition) is 3. The van der Waals surface area contributed by atoms with Crippen LogP contribution in [0.4, 0.5) is 10.1 Å². The minimum atomic E-state index is -0.563. The molecule has 0 bridgehead atoms. The van der Waals surface area contributed by atoms with Crippen molar-refractivity contribution in [2.24, 2.45) is 5.92 Å². The van der Waals surface area contributed by atoms with Gasteiger partial charge in [0, 0.05) is 11.7 Å². The fraction of sp³-hybridized carbons (Fsp3) is 0.417. The predicted molar refractivity (Wildman–Crippen MR) is 113 cm³/mol. The monoisotopic (exact) mass is 410 g/mol. The largest absolute Gasteiger partial charge is 0.492 e. The van der Waals surface area contributed by atoms with Gasteiger partial charge in [-0.05, 0) is 55.2 Å². The Morgan fingerprint density at radius 3 is 2.53 bits per heavy atom. The van der Waals surface area contributed by atoms with Crippen molar-refractivity contribution in [1.82, 2.24) is 5.32 Å². The summed E-state index contributed by atoms with van der Waals surface area (Å²) in [7, 11) is 0. The summed E-state index contributed by atoms with van der Waals surface area (Å²) in [6, 6.07) is 11.4. The van der Waals surface area contributed by atoms with Crippen LogP contribution in [0.15, 0.2) is 42.5 Å². The maximum atomic E-state index is 13.8. The highest BCUT2D eigenvalue weighted by Crippen LogP contribution is 2.30. The second-order valence-corrected chi connectivity index (χ2v) is 8.17. The van der Waals surface area contributed by atoms with Crippen LogP contribution in [-0.4, -0.2) is 24.5 Å². The van der Waals surface area contributed by atoms with Gasteiger partial charge in [0.05, 0.1) is 11.5 Å². The van der Waals surface area contributed by atoms with E-state index in [-0.39, 0.29) is 23.4 Å². The third-order valence-corrected chi connectivity index (χ3v) is 5.92. The van der Waals surface area contributed by atoms with Crippen molar-refractivity contribution in [2.45, 2.75) is 51.0 Å². The molecule has 2 aromatic rings. The molecule has 1 unspecified atom stereocenters.